The fourth-order valence-corrected chi connectivity index (χ4v) is 2.36. The lowest BCUT2D eigenvalue weighted by atomic mass is 10.1. The largest absolute Gasteiger partial charge is 0.387 e. The van der Waals surface area contributed by atoms with E-state index in [1.54, 1.807) is 30.3 Å². The van der Waals surface area contributed by atoms with E-state index in [2.05, 4.69) is 15.3 Å². The first-order valence-corrected chi connectivity index (χ1v) is 7.20. The van der Waals surface area contributed by atoms with Crippen LogP contribution in [0.2, 0.25) is 10.0 Å². The van der Waals surface area contributed by atoms with Crippen LogP contribution in [-0.2, 0) is 0 Å². The third-order valence-corrected chi connectivity index (χ3v) is 3.65. The van der Waals surface area contributed by atoms with Gasteiger partial charge in [-0.15, -0.1) is 0 Å². The van der Waals surface area contributed by atoms with Crippen LogP contribution in [0, 0.1) is 0 Å². The zero-order valence-corrected chi connectivity index (χ0v) is 12.5. The molecule has 3 N–H and O–H groups in total. The molecule has 0 saturated carbocycles. The first-order chi connectivity index (χ1) is 10.1. The predicted octanol–water partition coefficient (Wildman–Crippen LogP) is 4.02. The van der Waals surface area contributed by atoms with Gasteiger partial charge in [-0.25, -0.2) is 4.98 Å². The third kappa shape index (κ3) is 3.29. The molecule has 0 spiro atoms. The highest BCUT2D eigenvalue weighted by Gasteiger charge is 2.09. The number of nitrogens with one attached hydrogen (secondary N) is 2. The molecule has 1 atom stereocenters. The summed E-state index contributed by atoms with van der Waals surface area (Å²) in [5.41, 5.74) is 2.47. The molecule has 108 valence electrons. The van der Waals surface area contributed by atoms with Gasteiger partial charge in [-0.05, 0) is 35.9 Å². The lowest BCUT2D eigenvalue weighted by molar-refractivity contribution is 0.191. The Morgan fingerprint density at radius 2 is 1.81 bits per heavy atom. The second kappa shape index (κ2) is 5.93. The van der Waals surface area contributed by atoms with Crippen molar-refractivity contribution >= 4 is 40.2 Å². The average molecular weight is 322 g/mol. The van der Waals surface area contributed by atoms with Gasteiger partial charge in [0.1, 0.15) is 0 Å². The van der Waals surface area contributed by atoms with E-state index >= 15 is 0 Å². The van der Waals surface area contributed by atoms with Crippen molar-refractivity contribution in [2.24, 2.45) is 0 Å². The standard InChI is InChI=1S/C15H13Cl2N3O/c16-10-3-1-9(2-4-10)14(21)8-18-15-19-12-6-5-11(17)7-13(12)20-15/h1-7,14,21H,8H2,(H2,18,19,20). The van der Waals surface area contributed by atoms with Crippen LogP contribution in [0.4, 0.5) is 5.95 Å². The summed E-state index contributed by atoms with van der Waals surface area (Å²) in [5, 5.41) is 14.5. The summed E-state index contributed by atoms with van der Waals surface area (Å²) in [6, 6.07) is 12.5. The topological polar surface area (TPSA) is 60.9 Å². The zero-order valence-electron chi connectivity index (χ0n) is 11.0. The van der Waals surface area contributed by atoms with Crippen molar-refractivity contribution in [1.29, 1.82) is 0 Å². The van der Waals surface area contributed by atoms with Gasteiger partial charge in [-0.3, -0.25) is 0 Å². The van der Waals surface area contributed by atoms with E-state index in [9.17, 15) is 5.11 Å². The summed E-state index contributed by atoms with van der Waals surface area (Å²) in [6.07, 6.45) is -0.640. The van der Waals surface area contributed by atoms with Gasteiger partial charge in [-0.1, -0.05) is 35.3 Å². The summed E-state index contributed by atoms with van der Waals surface area (Å²) in [7, 11) is 0. The Balaban J connectivity index is 1.69. The predicted molar refractivity (Wildman–Crippen MR) is 86.0 cm³/mol. The number of fused-ring (bicyclic) bond motifs is 1. The molecule has 0 aliphatic carbocycles. The fourth-order valence-electron chi connectivity index (χ4n) is 2.06. The number of hydrogen-bond donors (Lipinski definition) is 3. The minimum atomic E-state index is -0.640. The molecule has 6 heteroatoms. The van der Waals surface area contributed by atoms with Crippen molar-refractivity contribution in [3.63, 3.8) is 0 Å². The maximum atomic E-state index is 10.1. The monoisotopic (exact) mass is 321 g/mol. The number of anilines is 1. The first kappa shape index (κ1) is 14.2. The molecule has 1 unspecified atom stereocenters. The van der Waals surface area contributed by atoms with E-state index in [0.717, 1.165) is 16.6 Å². The first-order valence-electron chi connectivity index (χ1n) is 6.44. The average Bonchev–Trinajstić information content (AvgIpc) is 2.87. The van der Waals surface area contributed by atoms with Crippen LogP contribution >= 0.6 is 23.2 Å². The number of halogens is 2. The maximum Gasteiger partial charge on any atom is 0.201 e. The van der Waals surface area contributed by atoms with Gasteiger partial charge in [0.15, 0.2) is 0 Å². The molecule has 0 saturated heterocycles. The Morgan fingerprint density at radius 3 is 2.57 bits per heavy atom. The lowest BCUT2D eigenvalue weighted by Gasteiger charge is -2.11. The van der Waals surface area contributed by atoms with Crippen molar-refractivity contribution < 1.29 is 5.11 Å². The number of imidazole rings is 1. The number of aromatic amines is 1. The van der Waals surface area contributed by atoms with Gasteiger partial charge < -0.3 is 15.4 Å². The van der Waals surface area contributed by atoms with Crippen LogP contribution in [0.15, 0.2) is 42.5 Å². The van der Waals surface area contributed by atoms with Crippen LogP contribution in [0.1, 0.15) is 11.7 Å². The number of H-pyrrole nitrogens is 1. The van der Waals surface area contributed by atoms with Crippen LogP contribution in [0.3, 0.4) is 0 Å². The Bertz CT molecular complexity index is 755. The molecule has 0 radical (unpaired) electrons. The third-order valence-electron chi connectivity index (χ3n) is 3.16. The van der Waals surface area contributed by atoms with Gasteiger partial charge >= 0.3 is 0 Å². The molecule has 0 fully saturated rings. The van der Waals surface area contributed by atoms with Gasteiger partial charge in [0.25, 0.3) is 0 Å². The van der Waals surface area contributed by atoms with Crippen LogP contribution in [-0.4, -0.2) is 21.6 Å². The number of aliphatic hydroxyl groups excluding tert-OH is 1. The van der Waals surface area contributed by atoms with Crippen molar-refractivity contribution in [2.45, 2.75) is 6.10 Å². The normalized spacial score (nSPS) is 12.5. The minimum absolute atomic E-state index is 0.342. The number of aromatic nitrogens is 2. The second-order valence-electron chi connectivity index (χ2n) is 4.70. The SMILES string of the molecule is OC(CNc1nc2ccc(Cl)cc2[nH]1)c1ccc(Cl)cc1. The van der Waals surface area contributed by atoms with Crippen LogP contribution in [0.25, 0.3) is 11.0 Å². The molecule has 0 amide bonds. The van der Waals surface area contributed by atoms with Gasteiger partial charge in [0.2, 0.25) is 5.95 Å². The van der Waals surface area contributed by atoms with E-state index in [1.165, 1.54) is 0 Å². The van der Waals surface area contributed by atoms with Gasteiger partial charge in [0.05, 0.1) is 17.1 Å². The number of nitrogens with zero attached hydrogens (tertiary/aromatic N) is 1. The highest BCUT2D eigenvalue weighted by atomic mass is 35.5. The molecule has 0 aliphatic heterocycles. The molecule has 1 aromatic heterocycles. The molecule has 3 rings (SSSR count). The highest BCUT2D eigenvalue weighted by molar-refractivity contribution is 6.31. The van der Waals surface area contributed by atoms with Gasteiger partial charge in [0, 0.05) is 16.6 Å². The minimum Gasteiger partial charge on any atom is -0.387 e. The quantitative estimate of drug-likeness (QED) is 0.680. The summed E-state index contributed by atoms with van der Waals surface area (Å²) >= 11 is 11.8. The van der Waals surface area contributed by atoms with Gasteiger partial charge in [-0.2, -0.15) is 0 Å². The van der Waals surface area contributed by atoms with E-state index < -0.39 is 6.10 Å². The molecular weight excluding hydrogens is 309 g/mol. The number of aliphatic hydroxyl groups is 1. The molecule has 0 aliphatic rings. The Hall–Kier alpha value is -1.75. The molecule has 21 heavy (non-hydrogen) atoms. The maximum absolute atomic E-state index is 10.1. The van der Waals surface area contributed by atoms with Crippen molar-refractivity contribution in [3.05, 3.63) is 58.1 Å². The van der Waals surface area contributed by atoms with Crippen molar-refractivity contribution in [1.82, 2.24) is 9.97 Å². The second-order valence-corrected chi connectivity index (χ2v) is 5.57. The fraction of sp³-hybridized carbons (Fsp3) is 0.133. The van der Waals surface area contributed by atoms with Crippen molar-refractivity contribution in [3.8, 4) is 0 Å². The number of hydrogen-bond acceptors (Lipinski definition) is 3. The Labute approximate surface area is 131 Å². The lowest BCUT2D eigenvalue weighted by Crippen LogP contribution is -2.12. The Kier molecular flexibility index (Phi) is 4.01. The smallest absolute Gasteiger partial charge is 0.201 e. The summed E-state index contributed by atoms with van der Waals surface area (Å²) in [4.78, 5) is 7.49. The highest BCUT2D eigenvalue weighted by Crippen LogP contribution is 2.20. The molecule has 4 nitrogen and oxygen atoms in total. The van der Waals surface area contributed by atoms with E-state index in [0.29, 0.717) is 22.5 Å². The van der Waals surface area contributed by atoms with E-state index in [-0.39, 0.29) is 0 Å². The number of benzene rings is 2. The Morgan fingerprint density at radius 1 is 1.10 bits per heavy atom. The molecule has 2 aromatic carbocycles. The van der Waals surface area contributed by atoms with Crippen LogP contribution < -0.4 is 5.32 Å². The molecule has 0 bridgehead atoms. The molecule has 1 heterocycles. The van der Waals surface area contributed by atoms with E-state index in [4.69, 9.17) is 23.2 Å². The number of rotatable bonds is 4. The van der Waals surface area contributed by atoms with E-state index in [1.807, 2.05) is 12.1 Å². The molecule has 3 aromatic rings. The summed E-state index contributed by atoms with van der Waals surface area (Å²) < 4.78 is 0. The summed E-state index contributed by atoms with van der Waals surface area (Å²) in [5.74, 6) is 0.597. The molecular formula is C15H13Cl2N3O. The van der Waals surface area contributed by atoms with Crippen LogP contribution in [0.5, 0.6) is 0 Å². The van der Waals surface area contributed by atoms with Crippen molar-refractivity contribution in [2.75, 3.05) is 11.9 Å². The zero-order chi connectivity index (χ0) is 14.8. The summed E-state index contributed by atoms with van der Waals surface area (Å²) in [6.45, 7) is 0.342.